The summed E-state index contributed by atoms with van der Waals surface area (Å²) in [6.45, 7) is -1.09. The van der Waals surface area contributed by atoms with Crippen molar-refractivity contribution in [2.75, 3.05) is 18.8 Å². The number of carbonyl (C=O) groups excluding carboxylic acids is 1. The highest BCUT2D eigenvalue weighted by molar-refractivity contribution is 6.02. The number of rotatable bonds is 5. The molecule has 1 aromatic carbocycles. The zero-order valence-corrected chi connectivity index (χ0v) is 15.1. The molecule has 0 bridgehead atoms. The van der Waals surface area contributed by atoms with Crippen molar-refractivity contribution in [3.8, 4) is 5.75 Å². The molecule has 0 saturated heterocycles. The molecule has 0 spiro atoms. The van der Waals surface area contributed by atoms with E-state index in [2.05, 4.69) is 24.8 Å². The van der Waals surface area contributed by atoms with E-state index < -0.39 is 48.2 Å². The third kappa shape index (κ3) is 3.93. The summed E-state index contributed by atoms with van der Waals surface area (Å²) in [5.41, 5.74) is 2.60. The fourth-order valence-corrected chi connectivity index (χ4v) is 2.73. The van der Waals surface area contributed by atoms with Crippen molar-refractivity contribution in [2.45, 2.75) is 18.4 Å². The topological polar surface area (TPSA) is 98.8 Å². The standard InChI is InChI=1S/C18H16F4N4O3/c1-17(18(21,22)8-28-16(23)26-17)12-6-10(2-4-13(12)20)25-15(27)14-5-3-11(7-24-14)29-9-19/h2-7H,8-9H2,1H3,(H2,23,26)(H,25,27). The van der Waals surface area contributed by atoms with Crippen molar-refractivity contribution in [3.05, 3.63) is 53.6 Å². The van der Waals surface area contributed by atoms with Crippen LogP contribution in [0.2, 0.25) is 0 Å². The SMILES string of the molecule is CC1(c2cc(NC(=O)c3ccc(OCF)cn3)ccc2F)N=C(N)OCC1(F)F. The minimum atomic E-state index is -3.55. The Labute approximate surface area is 162 Å². The van der Waals surface area contributed by atoms with Crippen LogP contribution < -0.4 is 15.8 Å². The first-order valence-corrected chi connectivity index (χ1v) is 8.28. The lowest BCUT2D eigenvalue weighted by molar-refractivity contribution is -0.117. The highest BCUT2D eigenvalue weighted by atomic mass is 19.3. The van der Waals surface area contributed by atoms with Gasteiger partial charge in [0, 0.05) is 11.3 Å². The minimum Gasteiger partial charge on any atom is -0.461 e. The quantitative estimate of drug-likeness (QED) is 0.736. The smallest absolute Gasteiger partial charge is 0.310 e. The number of nitrogens with two attached hydrogens (primary N) is 1. The number of anilines is 1. The number of nitrogens with zero attached hydrogens (tertiary/aromatic N) is 2. The predicted octanol–water partition coefficient (Wildman–Crippen LogP) is 2.97. The maximum Gasteiger partial charge on any atom is 0.310 e. The Morgan fingerprint density at radius 1 is 1.34 bits per heavy atom. The molecular weight excluding hydrogens is 396 g/mol. The van der Waals surface area contributed by atoms with E-state index in [1.165, 1.54) is 18.2 Å². The van der Waals surface area contributed by atoms with Crippen LogP contribution >= 0.6 is 0 Å². The average molecular weight is 412 g/mol. The average Bonchev–Trinajstić information content (AvgIpc) is 2.67. The van der Waals surface area contributed by atoms with E-state index in [1.54, 1.807) is 0 Å². The molecule has 2 aromatic rings. The molecule has 3 N–H and O–H groups in total. The van der Waals surface area contributed by atoms with Gasteiger partial charge in [-0.05, 0) is 37.3 Å². The molecule has 2 heterocycles. The lowest BCUT2D eigenvalue weighted by atomic mass is 9.85. The van der Waals surface area contributed by atoms with Gasteiger partial charge in [-0.2, -0.15) is 8.78 Å². The number of aromatic nitrogens is 1. The van der Waals surface area contributed by atoms with Gasteiger partial charge < -0.3 is 20.5 Å². The highest BCUT2D eigenvalue weighted by Gasteiger charge is 2.56. The Bertz CT molecular complexity index is 953. The number of benzene rings is 1. The van der Waals surface area contributed by atoms with Crippen LogP contribution in [0.25, 0.3) is 0 Å². The van der Waals surface area contributed by atoms with Crippen molar-refractivity contribution < 1.29 is 31.8 Å². The van der Waals surface area contributed by atoms with Gasteiger partial charge in [0.25, 0.3) is 11.9 Å². The summed E-state index contributed by atoms with van der Waals surface area (Å²) in [4.78, 5) is 19.8. The predicted molar refractivity (Wildman–Crippen MR) is 95.1 cm³/mol. The van der Waals surface area contributed by atoms with Crippen LogP contribution in [-0.2, 0) is 10.3 Å². The number of amidine groups is 1. The highest BCUT2D eigenvalue weighted by Crippen LogP contribution is 2.44. The van der Waals surface area contributed by atoms with E-state index >= 15 is 0 Å². The van der Waals surface area contributed by atoms with E-state index in [9.17, 15) is 22.4 Å². The first-order valence-electron chi connectivity index (χ1n) is 8.28. The largest absolute Gasteiger partial charge is 0.461 e. The molecule has 1 aliphatic rings. The van der Waals surface area contributed by atoms with Gasteiger partial charge in [0.15, 0.2) is 12.1 Å². The Morgan fingerprint density at radius 3 is 2.76 bits per heavy atom. The van der Waals surface area contributed by atoms with E-state index in [-0.39, 0.29) is 17.1 Å². The Hall–Kier alpha value is -3.37. The van der Waals surface area contributed by atoms with Gasteiger partial charge in [-0.3, -0.25) is 4.79 Å². The van der Waals surface area contributed by atoms with Crippen molar-refractivity contribution in [1.82, 2.24) is 4.98 Å². The van der Waals surface area contributed by atoms with Crippen molar-refractivity contribution in [1.29, 1.82) is 0 Å². The molecule has 1 aliphatic heterocycles. The molecule has 1 atom stereocenters. The van der Waals surface area contributed by atoms with Crippen LogP contribution in [0.5, 0.6) is 5.75 Å². The summed E-state index contributed by atoms with van der Waals surface area (Å²) >= 11 is 0. The van der Waals surface area contributed by atoms with Crippen LogP contribution in [0.4, 0.5) is 23.2 Å². The van der Waals surface area contributed by atoms with Crippen LogP contribution in [0.1, 0.15) is 23.0 Å². The summed E-state index contributed by atoms with van der Waals surface area (Å²) in [5, 5.41) is 2.43. The van der Waals surface area contributed by atoms with Crippen LogP contribution in [0.15, 0.2) is 41.5 Å². The van der Waals surface area contributed by atoms with E-state index in [4.69, 9.17) is 5.73 Å². The number of ether oxygens (including phenoxy) is 2. The molecule has 1 unspecified atom stereocenters. The molecule has 1 amide bonds. The second-order valence-electron chi connectivity index (χ2n) is 6.30. The number of nitrogens with one attached hydrogen (secondary N) is 1. The first-order chi connectivity index (χ1) is 13.7. The number of pyridine rings is 1. The van der Waals surface area contributed by atoms with Crippen LogP contribution in [-0.4, -0.2) is 36.3 Å². The number of alkyl halides is 3. The van der Waals surface area contributed by atoms with Crippen LogP contribution in [0, 0.1) is 5.82 Å². The number of halogens is 4. The zero-order chi connectivity index (χ0) is 21.2. The number of hydrogen-bond acceptors (Lipinski definition) is 6. The third-order valence-electron chi connectivity index (χ3n) is 4.39. The second-order valence-corrected chi connectivity index (χ2v) is 6.30. The van der Waals surface area contributed by atoms with Gasteiger partial charge in [0.2, 0.25) is 6.86 Å². The summed E-state index contributed by atoms with van der Waals surface area (Å²) in [6, 6.07) is 5.29. The molecule has 0 aliphatic carbocycles. The number of aliphatic imine (C=N–C) groups is 1. The number of carbonyl (C=O) groups is 1. The minimum absolute atomic E-state index is 0.0366. The molecule has 0 saturated carbocycles. The maximum absolute atomic E-state index is 14.5. The van der Waals surface area contributed by atoms with Gasteiger partial charge in [0.1, 0.15) is 17.3 Å². The van der Waals surface area contributed by atoms with E-state index in [0.29, 0.717) is 0 Å². The summed E-state index contributed by atoms with van der Waals surface area (Å²) in [5.74, 6) is -5.07. The number of hydrogen-bond donors (Lipinski definition) is 2. The lowest BCUT2D eigenvalue weighted by Crippen LogP contribution is -2.51. The Kier molecular flexibility index (Phi) is 5.31. The van der Waals surface area contributed by atoms with Crippen molar-refractivity contribution >= 4 is 17.6 Å². The molecule has 7 nitrogen and oxygen atoms in total. The normalized spacial score (nSPS) is 20.4. The van der Waals surface area contributed by atoms with Gasteiger partial charge in [-0.1, -0.05) is 0 Å². The van der Waals surface area contributed by atoms with Crippen molar-refractivity contribution in [2.24, 2.45) is 10.7 Å². The fraction of sp³-hybridized carbons (Fsp3) is 0.278. The summed E-state index contributed by atoms with van der Waals surface area (Å²) < 4.78 is 64.6. The van der Waals surface area contributed by atoms with Gasteiger partial charge in [-0.25, -0.2) is 18.8 Å². The Morgan fingerprint density at radius 2 is 2.10 bits per heavy atom. The zero-order valence-electron chi connectivity index (χ0n) is 15.1. The van der Waals surface area contributed by atoms with Gasteiger partial charge in [-0.15, -0.1) is 0 Å². The van der Waals surface area contributed by atoms with Gasteiger partial charge in [0.05, 0.1) is 6.20 Å². The number of amides is 1. The first kappa shape index (κ1) is 20.4. The molecule has 3 rings (SSSR count). The van der Waals surface area contributed by atoms with Gasteiger partial charge >= 0.3 is 5.92 Å². The van der Waals surface area contributed by atoms with E-state index in [1.807, 2.05) is 0 Å². The molecule has 1 aromatic heterocycles. The molecular formula is C18H16F4N4O3. The second kappa shape index (κ2) is 7.57. The molecule has 0 radical (unpaired) electrons. The lowest BCUT2D eigenvalue weighted by Gasteiger charge is -2.37. The van der Waals surface area contributed by atoms with Crippen LogP contribution in [0.3, 0.4) is 0 Å². The summed E-state index contributed by atoms with van der Waals surface area (Å²) in [6.07, 6.45) is 1.14. The monoisotopic (exact) mass is 412 g/mol. The third-order valence-corrected chi connectivity index (χ3v) is 4.39. The maximum atomic E-state index is 14.5. The van der Waals surface area contributed by atoms with E-state index in [0.717, 1.165) is 25.3 Å². The molecule has 154 valence electrons. The molecule has 0 fully saturated rings. The Balaban J connectivity index is 1.89. The van der Waals surface area contributed by atoms with Crippen molar-refractivity contribution in [3.63, 3.8) is 0 Å². The molecule has 29 heavy (non-hydrogen) atoms. The fourth-order valence-electron chi connectivity index (χ4n) is 2.73. The molecule has 11 heteroatoms. The summed E-state index contributed by atoms with van der Waals surface area (Å²) in [7, 11) is 0.